The van der Waals surface area contributed by atoms with Crippen LogP contribution in [0.1, 0.15) is 23.6 Å². The Labute approximate surface area is 164 Å². The molecule has 0 spiro atoms. The Bertz CT molecular complexity index is 958. The van der Waals surface area contributed by atoms with E-state index in [4.69, 9.17) is 0 Å². The first-order valence-corrected chi connectivity index (χ1v) is 8.36. The number of carbonyl (C=O) groups excluding carboxylic acids is 1. The Hall–Kier alpha value is -3.31. The monoisotopic (exact) mass is 434 g/mol. The second-order valence-corrected chi connectivity index (χ2v) is 6.43. The molecule has 0 N–H and O–H groups in total. The number of amides is 1. The van der Waals surface area contributed by atoms with Crippen LogP contribution in [0.2, 0.25) is 0 Å². The molecule has 2 aromatic carbocycles. The Kier molecular flexibility index (Phi) is 5.35. The average Bonchev–Trinajstić information content (AvgIpc) is 2.98. The van der Waals surface area contributed by atoms with E-state index in [1.54, 1.807) is 0 Å². The lowest BCUT2D eigenvalue weighted by Gasteiger charge is -2.25. The summed E-state index contributed by atoms with van der Waals surface area (Å²) < 4.78 is 79.8. The maximum absolute atomic E-state index is 13.0. The van der Waals surface area contributed by atoms with Gasteiger partial charge in [-0.1, -0.05) is 12.1 Å². The third kappa shape index (κ3) is 4.47. The fourth-order valence-electron chi connectivity index (χ4n) is 3.23. The van der Waals surface area contributed by atoms with Crippen molar-refractivity contribution in [3.8, 4) is 5.75 Å². The highest BCUT2D eigenvalue weighted by atomic mass is 19.4. The van der Waals surface area contributed by atoms with Crippen molar-refractivity contribution in [1.29, 1.82) is 0 Å². The summed E-state index contributed by atoms with van der Waals surface area (Å²) in [6.45, 7) is 0. The third-order valence-electron chi connectivity index (χ3n) is 4.48. The minimum Gasteiger partial charge on any atom is -0.406 e. The highest BCUT2D eigenvalue weighted by molar-refractivity contribution is 5.99. The number of nitro groups is 1. The van der Waals surface area contributed by atoms with Crippen molar-refractivity contribution in [2.75, 3.05) is 4.90 Å². The van der Waals surface area contributed by atoms with Gasteiger partial charge in [0, 0.05) is 17.0 Å². The largest absolute Gasteiger partial charge is 0.573 e. The SMILES string of the molecule is O=C1C([N+](=O)[O-])C[C@H](c2cccc(C(F)(F)F)c2)N1c1ccc(OC(F)(F)F)cc1. The Morgan fingerprint density at radius 3 is 2.20 bits per heavy atom. The summed E-state index contributed by atoms with van der Waals surface area (Å²) in [5.41, 5.74) is -0.995. The van der Waals surface area contributed by atoms with Crippen molar-refractivity contribution < 1.29 is 40.8 Å². The number of nitrogens with zero attached hydrogens (tertiary/aromatic N) is 2. The van der Waals surface area contributed by atoms with Crippen molar-refractivity contribution in [3.05, 3.63) is 69.8 Å². The van der Waals surface area contributed by atoms with E-state index in [9.17, 15) is 41.3 Å². The average molecular weight is 434 g/mol. The van der Waals surface area contributed by atoms with Gasteiger partial charge >= 0.3 is 18.4 Å². The van der Waals surface area contributed by atoms with Crippen LogP contribution < -0.4 is 9.64 Å². The van der Waals surface area contributed by atoms with Gasteiger partial charge < -0.3 is 4.74 Å². The molecular formula is C18H12F6N2O4. The van der Waals surface area contributed by atoms with Crippen molar-refractivity contribution in [1.82, 2.24) is 0 Å². The summed E-state index contributed by atoms with van der Waals surface area (Å²) in [6, 6.07) is 5.15. The van der Waals surface area contributed by atoms with Gasteiger partial charge in [0.25, 0.3) is 6.04 Å². The molecule has 1 aliphatic rings. The van der Waals surface area contributed by atoms with Gasteiger partial charge in [-0.05, 0) is 42.0 Å². The number of benzene rings is 2. The highest BCUT2D eigenvalue weighted by Gasteiger charge is 2.48. The van der Waals surface area contributed by atoms with Gasteiger partial charge in [0.15, 0.2) is 0 Å². The molecule has 1 saturated heterocycles. The summed E-state index contributed by atoms with van der Waals surface area (Å²) in [5, 5.41) is 11.2. The molecule has 0 saturated carbocycles. The lowest BCUT2D eigenvalue weighted by molar-refractivity contribution is -0.506. The second kappa shape index (κ2) is 7.50. The molecule has 2 atom stereocenters. The maximum atomic E-state index is 13.0. The van der Waals surface area contributed by atoms with E-state index in [2.05, 4.69) is 4.74 Å². The first-order valence-electron chi connectivity index (χ1n) is 8.36. The zero-order valence-corrected chi connectivity index (χ0v) is 14.8. The van der Waals surface area contributed by atoms with Crippen molar-refractivity contribution in [2.24, 2.45) is 0 Å². The van der Waals surface area contributed by atoms with E-state index >= 15 is 0 Å². The van der Waals surface area contributed by atoms with Gasteiger partial charge in [-0.15, -0.1) is 13.2 Å². The van der Waals surface area contributed by atoms with E-state index in [1.807, 2.05) is 0 Å². The molecule has 2 aromatic rings. The summed E-state index contributed by atoms with van der Waals surface area (Å²) in [4.78, 5) is 23.9. The number of hydrogen-bond donors (Lipinski definition) is 0. The predicted octanol–water partition coefficient (Wildman–Crippen LogP) is 4.73. The number of alkyl halides is 6. The number of ether oxygens (including phenoxy) is 1. The Morgan fingerprint density at radius 1 is 1.03 bits per heavy atom. The minimum absolute atomic E-state index is 0.0122. The number of hydrogen-bond acceptors (Lipinski definition) is 4. The number of halogens is 6. The van der Waals surface area contributed by atoms with Crippen LogP contribution in [0, 0.1) is 10.1 Å². The standard InChI is InChI=1S/C18H12F6N2O4/c19-17(20,21)11-3-1-2-10(8-11)14-9-15(26(28)29)16(27)25(14)12-4-6-13(7-5-12)30-18(22,23)24/h1-8,14-15H,9H2/t14-,15?/m1/s1. The van der Waals surface area contributed by atoms with Crippen molar-refractivity contribution in [3.63, 3.8) is 0 Å². The van der Waals surface area contributed by atoms with Crippen LogP contribution >= 0.6 is 0 Å². The normalized spacial score (nSPS) is 19.8. The van der Waals surface area contributed by atoms with Crippen LogP contribution in [-0.2, 0) is 11.0 Å². The van der Waals surface area contributed by atoms with Crippen LogP contribution in [-0.4, -0.2) is 23.2 Å². The third-order valence-corrected chi connectivity index (χ3v) is 4.48. The van der Waals surface area contributed by atoms with Crippen LogP contribution in [0.15, 0.2) is 48.5 Å². The second-order valence-electron chi connectivity index (χ2n) is 6.43. The quantitative estimate of drug-likeness (QED) is 0.396. The molecule has 1 fully saturated rings. The molecule has 0 aromatic heterocycles. The number of carbonyl (C=O) groups is 1. The summed E-state index contributed by atoms with van der Waals surface area (Å²) in [6.07, 6.45) is -10.0. The van der Waals surface area contributed by atoms with Crippen LogP contribution in [0.5, 0.6) is 5.75 Å². The van der Waals surface area contributed by atoms with E-state index < -0.39 is 53.2 Å². The van der Waals surface area contributed by atoms with Gasteiger partial charge in [-0.3, -0.25) is 19.8 Å². The first-order chi connectivity index (χ1) is 13.9. The van der Waals surface area contributed by atoms with Crippen molar-refractivity contribution >= 4 is 11.6 Å². The van der Waals surface area contributed by atoms with Crippen LogP contribution in [0.25, 0.3) is 0 Å². The van der Waals surface area contributed by atoms with E-state index in [-0.39, 0.29) is 11.3 Å². The van der Waals surface area contributed by atoms with Crippen LogP contribution in [0.3, 0.4) is 0 Å². The molecule has 1 amide bonds. The molecule has 1 heterocycles. The summed E-state index contributed by atoms with van der Waals surface area (Å²) in [7, 11) is 0. The molecule has 12 heteroatoms. The van der Waals surface area contributed by atoms with Gasteiger partial charge in [0.1, 0.15) is 5.75 Å². The topological polar surface area (TPSA) is 72.7 Å². The maximum Gasteiger partial charge on any atom is 0.573 e. The van der Waals surface area contributed by atoms with E-state index in [0.29, 0.717) is 0 Å². The predicted molar refractivity (Wildman–Crippen MR) is 90.2 cm³/mol. The molecule has 160 valence electrons. The lowest BCUT2D eigenvalue weighted by atomic mass is 10.0. The van der Waals surface area contributed by atoms with E-state index in [0.717, 1.165) is 47.4 Å². The molecule has 3 rings (SSSR count). The summed E-state index contributed by atoms with van der Waals surface area (Å²) >= 11 is 0. The highest BCUT2D eigenvalue weighted by Crippen LogP contribution is 2.40. The molecule has 0 radical (unpaired) electrons. The number of rotatable bonds is 4. The zero-order chi connectivity index (χ0) is 22.3. The fourth-order valence-corrected chi connectivity index (χ4v) is 3.23. The Balaban J connectivity index is 1.99. The molecule has 30 heavy (non-hydrogen) atoms. The zero-order valence-electron chi connectivity index (χ0n) is 14.8. The van der Waals surface area contributed by atoms with Gasteiger partial charge in [-0.2, -0.15) is 13.2 Å². The van der Waals surface area contributed by atoms with Gasteiger partial charge in [0.2, 0.25) is 0 Å². The molecule has 1 aliphatic heterocycles. The van der Waals surface area contributed by atoms with Crippen molar-refractivity contribution in [2.45, 2.75) is 31.0 Å². The van der Waals surface area contributed by atoms with Gasteiger partial charge in [0.05, 0.1) is 11.6 Å². The number of anilines is 1. The first kappa shape index (κ1) is 21.4. The van der Waals surface area contributed by atoms with E-state index in [1.165, 1.54) is 6.07 Å². The smallest absolute Gasteiger partial charge is 0.406 e. The molecule has 6 nitrogen and oxygen atoms in total. The fraction of sp³-hybridized carbons (Fsp3) is 0.278. The molecular weight excluding hydrogens is 422 g/mol. The minimum atomic E-state index is -4.94. The molecule has 0 bridgehead atoms. The van der Waals surface area contributed by atoms with Gasteiger partial charge in [-0.25, -0.2) is 0 Å². The Morgan fingerprint density at radius 2 is 1.67 bits per heavy atom. The van der Waals surface area contributed by atoms with Crippen LogP contribution in [0.4, 0.5) is 32.0 Å². The lowest BCUT2D eigenvalue weighted by Crippen LogP contribution is -2.34. The summed E-state index contributed by atoms with van der Waals surface area (Å²) in [5.74, 6) is -1.56. The molecule has 0 aliphatic carbocycles. The molecule has 1 unspecified atom stereocenters.